The minimum atomic E-state index is 0.179. The molecular weight excluding hydrogens is 256 g/mol. The highest BCUT2D eigenvalue weighted by Crippen LogP contribution is 2.30. The van der Waals surface area contributed by atoms with Crippen LogP contribution in [0.1, 0.15) is 28.3 Å². The van der Waals surface area contributed by atoms with E-state index in [9.17, 15) is 0 Å². The van der Waals surface area contributed by atoms with Crippen LogP contribution in [0.5, 0.6) is 0 Å². The Labute approximate surface area is 125 Å². The second-order valence-electron chi connectivity index (χ2n) is 5.53. The van der Waals surface area contributed by atoms with Crippen LogP contribution in [0, 0.1) is 13.8 Å². The van der Waals surface area contributed by atoms with Gasteiger partial charge in [-0.05, 0) is 49.0 Å². The van der Waals surface area contributed by atoms with Crippen molar-refractivity contribution in [3.05, 3.63) is 77.1 Å². The fourth-order valence-electron chi connectivity index (χ4n) is 3.02. The highest BCUT2D eigenvalue weighted by atomic mass is 14.9. The second-order valence-corrected chi connectivity index (χ2v) is 5.53. The van der Waals surface area contributed by atoms with Crippen LogP contribution in [-0.4, -0.2) is 12.0 Å². The Bertz CT molecular complexity index is 772. The molecule has 2 heteroatoms. The molecule has 3 rings (SSSR count). The van der Waals surface area contributed by atoms with Crippen LogP contribution in [-0.2, 0) is 0 Å². The lowest BCUT2D eigenvalue weighted by atomic mass is 9.91. The normalized spacial score (nSPS) is 12.5. The molecule has 21 heavy (non-hydrogen) atoms. The molecule has 0 amide bonds. The summed E-state index contributed by atoms with van der Waals surface area (Å²) in [6.45, 7) is 4.31. The van der Waals surface area contributed by atoms with Crippen LogP contribution in [0.3, 0.4) is 0 Å². The summed E-state index contributed by atoms with van der Waals surface area (Å²) in [6.07, 6.45) is 3.80. The molecule has 0 saturated heterocycles. The molecule has 106 valence electrons. The van der Waals surface area contributed by atoms with Gasteiger partial charge >= 0.3 is 0 Å². The molecule has 0 fully saturated rings. The molecule has 1 heterocycles. The van der Waals surface area contributed by atoms with E-state index >= 15 is 0 Å². The zero-order valence-electron chi connectivity index (χ0n) is 12.7. The summed E-state index contributed by atoms with van der Waals surface area (Å²) in [5.74, 6) is 0. The van der Waals surface area contributed by atoms with E-state index in [0.29, 0.717) is 0 Å². The van der Waals surface area contributed by atoms with Crippen molar-refractivity contribution >= 4 is 10.8 Å². The van der Waals surface area contributed by atoms with Crippen molar-refractivity contribution < 1.29 is 0 Å². The molecule has 3 aromatic rings. The van der Waals surface area contributed by atoms with Gasteiger partial charge in [0.25, 0.3) is 0 Å². The largest absolute Gasteiger partial charge is 0.309 e. The van der Waals surface area contributed by atoms with Gasteiger partial charge in [0.05, 0.1) is 6.04 Å². The van der Waals surface area contributed by atoms with E-state index in [1.54, 1.807) is 0 Å². The first-order valence-electron chi connectivity index (χ1n) is 7.28. The maximum atomic E-state index is 4.29. The fraction of sp³-hybridized carbons (Fsp3) is 0.211. The standard InChI is InChI=1S/C19H20N2/c1-13-7-8-16(14(2)11-13)19(20-3)17-6-4-5-15-9-10-21-12-18(15)17/h4-12,19-20H,1-3H3. The molecule has 1 atom stereocenters. The molecule has 2 nitrogen and oxygen atoms in total. The lowest BCUT2D eigenvalue weighted by Gasteiger charge is -2.21. The zero-order valence-corrected chi connectivity index (χ0v) is 12.7. The summed E-state index contributed by atoms with van der Waals surface area (Å²) in [4.78, 5) is 4.29. The Kier molecular flexibility index (Phi) is 3.72. The molecule has 0 spiro atoms. The smallest absolute Gasteiger partial charge is 0.0583 e. The van der Waals surface area contributed by atoms with Crippen molar-refractivity contribution in [2.24, 2.45) is 0 Å². The summed E-state index contributed by atoms with van der Waals surface area (Å²) in [6, 6.07) is 15.3. The Hall–Kier alpha value is -2.19. The third kappa shape index (κ3) is 2.55. The Morgan fingerprint density at radius 3 is 2.62 bits per heavy atom. The topological polar surface area (TPSA) is 24.9 Å². The number of aryl methyl sites for hydroxylation is 2. The van der Waals surface area contributed by atoms with Crippen molar-refractivity contribution in [3.63, 3.8) is 0 Å². The van der Waals surface area contributed by atoms with Crippen LogP contribution in [0.2, 0.25) is 0 Å². The number of nitrogens with zero attached hydrogens (tertiary/aromatic N) is 1. The average Bonchev–Trinajstić information content (AvgIpc) is 2.50. The quantitative estimate of drug-likeness (QED) is 0.777. The predicted octanol–water partition coefficient (Wildman–Crippen LogP) is 4.16. The number of hydrogen-bond acceptors (Lipinski definition) is 2. The molecule has 0 aliphatic carbocycles. The van der Waals surface area contributed by atoms with E-state index in [-0.39, 0.29) is 6.04 Å². The summed E-state index contributed by atoms with van der Waals surface area (Å²) < 4.78 is 0. The summed E-state index contributed by atoms with van der Waals surface area (Å²) in [7, 11) is 2.01. The van der Waals surface area contributed by atoms with Crippen LogP contribution in [0.4, 0.5) is 0 Å². The van der Waals surface area contributed by atoms with Gasteiger partial charge in [0.2, 0.25) is 0 Å². The number of rotatable bonds is 3. The van der Waals surface area contributed by atoms with Crippen molar-refractivity contribution in [2.45, 2.75) is 19.9 Å². The lowest BCUT2D eigenvalue weighted by molar-refractivity contribution is 0.692. The van der Waals surface area contributed by atoms with E-state index in [1.165, 1.54) is 33.0 Å². The van der Waals surface area contributed by atoms with Gasteiger partial charge in [0.15, 0.2) is 0 Å². The number of fused-ring (bicyclic) bond motifs is 1. The minimum Gasteiger partial charge on any atom is -0.309 e. The van der Waals surface area contributed by atoms with Gasteiger partial charge < -0.3 is 5.32 Å². The highest BCUT2D eigenvalue weighted by Gasteiger charge is 2.16. The number of hydrogen-bond donors (Lipinski definition) is 1. The summed E-state index contributed by atoms with van der Waals surface area (Å²) >= 11 is 0. The summed E-state index contributed by atoms with van der Waals surface area (Å²) in [5, 5.41) is 5.90. The van der Waals surface area contributed by atoms with Gasteiger partial charge in [-0.25, -0.2) is 0 Å². The molecule has 1 N–H and O–H groups in total. The molecule has 0 radical (unpaired) electrons. The molecule has 2 aromatic carbocycles. The molecule has 0 saturated carbocycles. The molecule has 1 unspecified atom stereocenters. The third-order valence-corrected chi connectivity index (χ3v) is 4.05. The van der Waals surface area contributed by atoms with E-state index in [0.717, 1.165) is 0 Å². The van der Waals surface area contributed by atoms with Gasteiger partial charge in [0, 0.05) is 17.8 Å². The third-order valence-electron chi connectivity index (χ3n) is 4.05. The van der Waals surface area contributed by atoms with Crippen LogP contribution in [0.25, 0.3) is 10.8 Å². The van der Waals surface area contributed by atoms with E-state index in [2.05, 4.69) is 66.6 Å². The second kappa shape index (κ2) is 5.66. The number of benzene rings is 2. The number of nitrogens with one attached hydrogen (secondary N) is 1. The highest BCUT2D eigenvalue weighted by molar-refractivity contribution is 5.85. The fourth-order valence-corrected chi connectivity index (χ4v) is 3.02. The molecule has 0 aliphatic rings. The van der Waals surface area contributed by atoms with Crippen LogP contribution >= 0.6 is 0 Å². The van der Waals surface area contributed by atoms with Gasteiger partial charge in [0.1, 0.15) is 0 Å². The minimum absolute atomic E-state index is 0.179. The molecule has 1 aromatic heterocycles. The van der Waals surface area contributed by atoms with E-state index in [4.69, 9.17) is 0 Å². The van der Waals surface area contributed by atoms with Gasteiger partial charge in [-0.3, -0.25) is 4.98 Å². The molecule has 0 bridgehead atoms. The van der Waals surface area contributed by atoms with E-state index < -0.39 is 0 Å². The van der Waals surface area contributed by atoms with Crippen LogP contribution < -0.4 is 5.32 Å². The van der Waals surface area contributed by atoms with Crippen molar-refractivity contribution in [2.75, 3.05) is 7.05 Å². The Morgan fingerprint density at radius 2 is 1.86 bits per heavy atom. The Morgan fingerprint density at radius 1 is 1.00 bits per heavy atom. The first kappa shape index (κ1) is 13.8. The van der Waals surface area contributed by atoms with Gasteiger partial charge in [-0.15, -0.1) is 0 Å². The summed E-state index contributed by atoms with van der Waals surface area (Å²) in [5.41, 5.74) is 5.20. The van der Waals surface area contributed by atoms with Crippen molar-refractivity contribution in [1.29, 1.82) is 0 Å². The first-order valence-corrected chi connectivity index (χ1v) is 7.28. The molecular formula is C19H20N2. The van der Waals surface area contributed by atoms with Gasteiger partial charge in [-0.2, -0.15) is 0 Å². The monoisotopic (exact) mass is 276 g/mol. The first-order chi connectivity index (χ1) is 10.2. The molecule has 0 aliphatic heterocycles. The maximum absolute atomic E-state index is 4.29. The van der Waals surface area contributed by atoms with Gasteiger partial charge in [-0.1, -0.05) is 42.0 Å². The SMILES string of the molecule is CNC(c1ccc(C)cc1C)c1cccc2ccncc12. The lowest BCUT2D eigenvalue weighted by Crippen LogP contribution is -2.19. The average molecular weight is 276 g/mol. The predicted molar refractivity (Wildman–Crippen MR) is 88.6 cm³/mol. The number of pyridine rings is 1. The maximum Gasteiger partial charge on any atom is 0.0583 e. The van der Waals surface area contributed by atoms with Crippen molar-refractivity contribution in [3.8, 4) is 0 Å². The Balaban J connectivity index is 2.18. The van der Waals surface area contributed by atoms with Crippen molar-refractivity contribution in [1.82, 2.24) is 10.3 Å². The zero-order chi connectivity index (χ0) is 14.8. The van der Waals surface area contributed by atoms with Crippen LogP contribution in [0.15, 0.2) is 54.9 Å². The van der Waals surface area contributed by atoms with E-state index in [1.807, 2.05) is 19.4 Å². The number of aromatic nitrogens is 1.